The molecule has 2 aromatic rings. The summed E-state index contributed by atoms with van der Waals surface area (Å²) in [5, 5.41) is 13.2. The molecule has 0 saturated carbocycles. The minimum atomic E-state index is 0.396. The average Bonchev–Trinajstić information content (AvgIpc) is 2.93. The Morgan fingerprint density at radius 3 is 2.74 bits per heavy atom. The Bertz CT molecular complexity index is 531. The van der Waals surface area contributed by atoms with Gasteiger partial charge in [0.05, 0.1) is 12.3 Å². The number of thioether (sulfide) groups is 1. The van der Waals surface area contributed by atoms with Gasteiger partial charge in [0.2, 0.25) is 0 Å². The summed E-state index contributed by atoms with van der Waals surface area (Å²) in [6.07, 6.45) is 1.60. The maximum absolute atomic E-state index is 5.57. The first-order valence-electron chi connectivity index (χ1n) is 6.19. The second-order valence-corrected chi connectivity index (χ2v) is 5.65. The molecule has 0 radical (unpaired) electrons. The summed E-state index contributed by atoms with van der Waals surface area (Å²) in [5.74, 6) is 3.01. The van der Waals surface area contributed by atoms with Crippen LogP contribution < -0.4 is 5.73 Å². The number of hydrogen-bond donors (Lipinski definition) is 1. The van der Waals surface area contributed by atoms with E-state index in [0.29, 0.717) is 12.5 Å². The highest BCUT2D eigenvalue weighted by atomic mass is 32.2. The zero-order valence-electron chi connectivity index (χ0n) is 11.4. The first-order chi connectivity index (χ1) is 9.11. The van der Waals surface area contributed by atoms with Crippen molar-refractivity contribution >= 4 is 11.8 Å². The van der Waals surface area contributed by atoms with Crippen molar-refractivity contribution in [1.82, 2.24) is 29.5 Å². The van der Waals surface area contributed by atoms with Crippen molar-refractivity contribution in [1.29, 1.82) is 0 Å². The summed E-state index contributed by atoms with van der Waals surface area (Å²) >= 11 is 1.59. The van der Waals surface area contributed by atoms with Gasteiger partial charge in [-0.15, -0.1) is 10.2 Å². The highest BCUT2D eigenvalue weighted by molar-refractivity contribution is 7.98. The zero-order chi connectivity index (χ0) is 13.8. The molecule has 8 heteroatoms. The third-order valence-electron chi connectivity index (χ3n) is 2.67. The average molecular weight is 281 g/mol. The van der Waals surface area contributed by atoms with E-state index in [4.69, 9.17) is 5.73 Å². The lowest BCUT2D eigenvalue weighted by Crippen LogP contribution is -2.10. The fourth-order valence-corrected chi connectivity index (χ4v) is 2.56. The summed E-state index contributed by atoms with van der Waals surface area (Å²) in [6.45, 7) is 5.60. The van der Waals surface area contributed by atoms with E-state index in [1.807, 2.05) is 16.3 Å². The van der Waals surface area contributed by atoms with E-state index in [9.17, 15) is 0 Å². The van der Waals surface area contributed by atoms with E-state index in [0.717, 1.165) is 29.1 Å². The van der Waals surface area contributed by atoms with E-state index < -0.39 is 0 Å². The van der Waals surface area contributed by atoms with Gasteiger partial charge >= 0.3 is 0 Å². The topological polar surface area (TPSA) is 87.4 Å². The lowest BCUT2D eigenvalue weighted by molar-refractivity contribution is 0.471. The molecule has 2 N–H and O–H groups in total. The van der Waals surface area contributed by atoms with E-state index in [-0.39, 0.29) is 0 Å². The first-order valence-corrected chi connectivity index (χ1v) is 7.18. The molecule has 2 rings (SSSR count). The van der Waals surface area contributed by atoms with Crippen LogP contribution in [-0.4, -0.2) is 29.5 Å². The largest absolute Gasteiger partial charge is 0.324 e. The maximum atomic E-state index is 5.57. The smallest absolute Gasteiger partial charge is 0.191 e. The molecule has 0 atom stereocenters. The van der Waals surface area contributed by atoms with Gasteiger partial charge in [0, 0.05) is 13.6 Å². The van der Waals surface area contributed by atoms with Crippen LogP contribution in [0.3, 0.4) is 0 Å². The molecule has 0 amide bonds. The van der Waals surface area contributed by atoms with Gasteiger partial charge in [0.15, 0.2) is 5.16 Å². The van der Waals surface area contributed by atoms with Crippen molar-refractivity contribution in [3.63, 3.8) is 0 Å². The molecular formula is C11H19N7S. The second kappa shape index (κ2) is 6.16. The third-order valence-corrected chi connectivity index (χ3v) is 3.69. The normalized spacial score (nSPS) is 11.4. The SMILES string of the molecule is CC(C)Cn1ncnc1CSc1nnc(CN)n1C. The molecule has 0 saturated heterocycles. The van der Waals surface area contributed by atoms with Crippen molar-refractivity contribution in [3.8, 4) is 0 Å². The monoisotopic (exact) mass is 281 g/mol. The third kappa shape index (κ3) is 3.32. The van der Waals surface area contributed by atoms with Crippen molar-refractivity contribution in [3.05, 3.63) is 18.0 Å². The van der Waals surface area contributed by atoms with E-state index in [1.54, 1.807) is 18.1 Å². The Kier molecular flexibility index (Phi) is 4.54. The van der Waals surface area contributed by atoms with Crippen LogP contribution in [0.2, 0.25) is 0 Å². The van der Waals surface area contributed by atoms with Gasteiger partial charge in [-0.2, -0.15) is 5.10 Å². The van der Waals surface area contributed by atoms with Gasteiger partial charge in [-0.25, -0.2) is 9.67 Å². The predicted molar refractivity (Wildman–Crippen MR) is 73.3 cm³/mol. The van der Waals surface area contributed by atoms with Crippen LogP contribution in [-0.2, 0) is 25.9 Å². The number of nitrogens with zero attached hydrogens (tertiary/aromatic N) is 6. The van der Waals surface area contributed by atoms with E-state index in [1.165, 1.54) is 0 Å². The Hall–Kier alpha value is -1.41. The Labute approximate surface area is 116 Å². The number of aromatic nitrogens is 6. The van der Waals surface area contributed by atoms with Gasteiger partial charge in [-0.05, 0) is 5.92 Å². The van der Waals surface area contributed by atoms with E-state index in [2.05, 4.69) is 34.1 Å². The van der Waals surface area contributed by atoms with Gasteiger partial charge in [-0.3, -0.25) is 0 Å². The van der Waals surface area contributed by atoms with Crippen molar-refractivity contribution < 1.29 is 0 Å². The van der Waals surface area contributed by atoms with Crippen LogP contribution in [0.4, 0.5) is 0 Å². The molecule has 0 aliphatic carbocycles. The molecule has 0 aliphatic heterocycles. The lowest BCUT2D eigenvalue weighted by Gasteiger charge is -2.08. The van der Waals surface area contributed by atoms with Crippen LogP contribution in [0, 0.1) is 5.92 Å². The number of hydrogen-bond acceptors (Lipinski definition) is 6. The van der Waals surface area contributed by atoms with Crippen LogP contribution in [0.5, 0.6) is 0 Å². The molecule has 104 valence electrons. The summed E-state index contributed by atoms with van der Waals surface area (Å²) in [7, 11) is 1.92. The molecule has 0 fully saturated rings. The second-order valence-electron chi connectivity index (χ2n) is 4.70. The van der Waals surface area contributed by atoms with Gasteiger partial charge in [-0.1, -0.05) is 25.6 Å². The highest BCUT2D eigenvalue weighted by Gasteiger charge is 2.11. The molecule has 7 nitrogen and oxygen atoms in total. The number of nitrogens with two attached hydrogens (primary N) is 1. The Balaban J connectivity index is 2.02. The fourth-order valence-electron chi connectivity index (χ4n) is 1.68. The minimum absolute atomic E-state index is 0.396. The Morgan fingerprint density at radius 1 is 1.32 bits per heavy atom. The number of rotatable bonds is 6. The minimum Gasteiger partial charge on any atom is -0.324 e. The Morgan fingerprint density at radius 2 is 2.11 bits per heavy atom. The van der Waals surface area contributed by atoms with Gasteiger partial charge in [0.1, 0.15) is 18.0 Å². The molecule has 0 bridgehead atoms. The first kappa shape index (κ1) is 14.0. The summed E-state index contributed by atoms with van der Waals surface area (Å²) in [4.78, 5) is 4.29. The fraction of sp³-hybridized carbons (Fsp3) is 0.636. The molecule has 2 heterocycles. The van der Waals surface area contributed by atoms with Crippen molar-refractivity contribution in [2.75, 3.05) is 0 Å². The van der Waals surface area contributed by atoms with Gasteiger partial charge in [0.25, 0.3) is 0 Å². The van der Waals surface area contributed by atoms with Crippen molar-refractivity contribution in [2.24, 2.45) is 18.7 Å². The van der Waals surface area contributed by atoms with Crippen LogP contribution in [0.15, 0.2) is 11.5 Å². The van der Waals surface area contributed by atoms with Crippen molar-refractivity contribution in [2.45, 2.75) is 37.8 Å². The molecule has 2 aromatic heterocycles. The zero-order valence-corrected chi connectivity index (χ0v) is 12.3. The van der Waals surface area contributed by atoms with Crippen LogP contribution in [0.25, 0.3) is 0 Å². The lowest BCUT2D eigenvalue weighted by atomic mass is 10.2. The molecule has 0 unspecified atom stereocenters. The van der Waals surface area contributed by atoms with Crippen LogP contribution in [0.1, 0.15) is 25.5 Å². The summed E-state index contributed by atoms with van der Waals surface area (Å²) in [5.41, 5.74) is 5.57. The predicted octanol–water partition coefficient (Wildman–Crippen LogP) is 0.814. The summed E-state index contributed by atoms with van der Waals surface area (Å²) in [6, 6.07) is 0. The summed E-state index contributed by atoms with van der Waals surface area (Å²) < 4.78 is 3.85. The van der Waals surface area contributed by atoms with Crippen LogP contribution >= 0.6 is 11.8 Å². The molecule has 0 spiro atoms. The molecule has 0 aliphatic rings. The highest BCUT2D eigenvalue weighted by Crippen LogP contribution is 2.20. The van der Waals surface area contributed by atoms with E-state index >= 15 is 0 Å². The molecular weight excluding hydrogens is 262 g/mol. The van der Waals surface area contributed by atoms with Gasteiger partial charge < -0.3 is 10.3 Å². The standard InChI is InChI=1S/C11H19N7S/c1-8(2)5-18-10(13-7-14-18)6-19-11-16-15-9(4-12)17(11)3/h7-8H,4-6,12H2,1-3H3. The molecule has 19 heavy (non-hydrogen) atoms. The quantitative estimate of drug-likeness (QED) is 0.789. The molecule has 0 aromatic carbocycles. The maximum Gasteiger partial charge on any atom is 0.191 e.